The van der Waals surface area contributed by atoms with Crippen LogP contribution in [0.15, 0.2) is 24.3 Å². The summed E-state index contributed by atoms with van der Waals surface area (Å²) in [7, 11) is 0. The summed E-state index contributed by atoms with van der Waals surface area (Å²) in [5.74, 6) is 0. The zero-order valence-electron chi connectivity index (χ0n) is 9.22. The maximum absolute atomic E-state index is 10.4. The molecule has 0 aliphatic rings. The van der Waals surface area contributed by atoms with Gasteiger partial charge in [-0.2, -0.15) is 0 Å². The van der Waals surface area contributed by atoms with Crippen molar-refractivity contribution >= 4 is 5.69 Å². The Morgan fingerprint density at radius 2 is 1.62 bits per heavy atom. The van der Waals surface area contributed by atoms with Crippen molar-refractivity contribution in [3.05, 3.63) is 39.9 Å². The standard InChI is InChI=1S/C12H16NO3/c14-10-4-2-1-3-5-11-6-8-12(9-7-11)13(15)16/h6-9H,1-5,10H2. The Balaban J connectivity index is 2.29. The van der Waals surface area contributed by atoms with E-state index in [4.69, 9.17) is 0 Å². The van der Waals surface area contributed by atoms with E-state index >= 15 is 0 Å². The van der Waals surface area contributed by atoms with E-state index in [9.17, 15) is 15.2 Å². The Labute approximate surface area is 95.1 Å². The summed E-state index contributed by atoms with van der Waals surface area (Å²) in [6.45, 7) is 0.0114. The lowest BCUT2D eigenvalue weighted by Crippen LogP contribution is -1.90. The predicted molar refractivity (Wildman–Crippen MR) is 60.8 cm³/mol. The van der Waals surface area contributed by atoms with Gasteiger partial charge in [0.15, 0.2) is 0 Å². The molecule has 0 aliphatic carbocycles. The van der Waals surface area contributed by atoms with Gasteiger partial charge in [0.05, 0.1) is 11.5 Å². The molecule has 0 atom stereocenters. The van der Waals surface area contributed by atoms with Crippen LogP contribution in [0.25, 0.3) is 0 Å². The molecule has 0 bridgehead atoms. The molecule has 4 heteroatoms. The average Bonchev–Trinajstić information content (AvgIpc) is 2.29. The van der Waals surface area contributed by atoms with E-state index in [1.165, 1.54) is 12.1 Å². The van der Waals surface area contributed by atoms with E-state index in [1.807, 2.05) is 0 Å². The number of nitro groups is 1. The molecule has 1 aromatic rings. The van der Waals surface area contributed by atoms with E-state index in [0.717, 1.165) is 37.7 Å². The van der Waals surface area contributed by atoms with Crippen LogP contribution < -0.4 is 0 Å². The van der Waals surface area contributed by atoms with Crippen LogP contribution >= 0.6 is 0 Å². The van der Waals surface area contributed by atoms with E-state index in [-0.39, 0.29) is 12.3 Å². The Kier molecular flexibility index (Phi) is 5.50. The minimum Gasteiger partial charge on any atom is -0.258 e. The van der Waals surface area contributed by atoms with Crippen LogP contribution in [-0.4, -0.2) is 11.5 Å². The summed E-state index contributed by atoms with van der Waals surface area (Å²) in [5.41, 5.74) is 1.25. The number of hydrogen-bond donors (Lipinski definition) is 0. The molecule has 0 spiro atoms. The second-order valence-corrected chi connectivity index (χ2v) is 3.79. The number of hydrogen-bond acceptors (Lipinski definition) is 2. The number of unbranched alkanes of at least 4 members (excludes halogenated alkanes) is 3. The third-order valence-corrected chi connectivity index (χ3v) is 2.51. The minimum absolute atomic E-state index is 0.0114. The van der Waals surface area contributed by atoms with E-state index in [0.29, 0.717) is 0 Å². The van der Waals surface area contributed by atoms with Crippen LogP contribution in [0.4, 0.5) is 5.69 Å². The molecule has 1 aromatic carbocycles. The predicted octanol–water partition coefficient (Wildman–Crippen LogP) is 3.13. The van der Waals surface area contributed by atoms with E-state index in [2.05, 4.69) is 0 Å². The molecule has 1 rings (SSSR count). The molecule has 0 N–H and O–H groups in total. The van der Waals surface area contributed by atoms with Crippen LogP contribution in [0.2, 0.25) is 0 Å². The fraction of sp³-hybridized carbons (Fsp3) is 0.500. The molecule has 0 heterocycles. The van der Waals surface area contributed by atoms with Crippen LogP contribution in [0.3, 0.4) is 0 Å². The number of nitro benzene ring substituents is 1. The van der Waals surface area contributed by atoms with Gasteiger partial charge in [-0.1, -0.05) is 25.0 Å². The maximum atomic E-state index is 10.4. The topological polar surface area (TPSA) is 63.0 Å². The normalized spacial score (nSPS) is 10.3. The zero-order chi connectivity index (χ0) is 11.8. The van der Waals surface area contributed by atoms with Gasteiger partial charge in [0, 0.05) is 12.1 Å². The number of rotatable bonds is 7. The van der Waals surface area contributed by atoms with Gasteiger partial charge in [0.25, 0.3) is 5.69 Å². The molecule has 0 saturated heterocycles. The first-order chi connectivity index (χ1) is 7.74. The lowest BCUT2D eigenvalue weighted by molar-refractivity contribution is -0.384. The van der Waals surface area contributed by atoms with Gasteiger partial charge < -0.3 is 0 Å². The van der Waals surface area contributed by atoms with Gasteiger partial charge in [0.2, 0.25) is 0 Å². The SMILES string of the molecule is [O]CCCCCCc1ccc([N+](=O)[O-])cc1. The molecule has 16 heavy (non-hydrogen) atoms. The lowest BCUT2D eigenvalue weighted by atomic mass is 10.1. The van der Waals surface area contributed by atoms with Gasteiger partial charge in [-0.25, -0.2) is 5.11 Å². The average molecular weight is 222 g/mol. The quantitative estimate of drug-likeness (QED) is 0.404. The second-order valence-electron chi connectivity index (χ2n) is 3.79. The molecule has 0 saturated carbocycles. The molecule has 0 aromatic heterocycles. The highest BCUT2D eigenvalue weighted by Gasteiger charge is 2.03. The lowest BCUT2D eigenvalue weighted by Gasteiger charge is -2.00. The molecule has 0 fully saturated rings. The summed E-state index contributed by atoms with van der Waals surface area (Å²) in [4.78, 5) is 10.0. The first kappa shape index (κ1) is 12.6. The Bertz CT molecular complexity index is 322. The smallest absolute Gasteiger partial charge is 0.258 e. The fourth-order valence-corrected chi connectivity index (χ4v) is 1.57. The van der Waals surface area contributed by atoms with Crippen molar-refractivity contribution in [2.45, 2.75) is 32.1 Å². The maximum Gasteiger partial charge on any atom is 0.269 e. The van der Waals surface area contributed by atoms with Crippen LogP contribution in [0, 0.1) is 10.1 Å². The van der Waals surface area contributed by atoms with Gasteiger partial charge in [-0.05, 0) is 24.8 Å². The van der Waals surface area contributed by atoms with Crippen molar-refractivity contribution in [2.24, 2.45) is 0 Å². The minimum atomic E-state index is -0.391. The summed E-state index contributed by atoms with van der Waals surface area (Å²) in [5, 5.41) is 20.6. The summed E-state index contributed by atoms with van der Waals surface area (Å²) >= 11 is 0. The molecular formula is C12H16NO3. The van der Waals surface area contributed by atoms with Crippen LogP contribution in [0.5, 0.6) is 0 Å². The van der Waals surface area contributed by atoms with E-state index in [1.54, 1.807) is 12.1 Å². The van der Waals surface area contributed by atoms with E-state index < -0.39 is 4.92 Å². The van der Waals surface area contributed by atoms with Crippen molar-refractivity contribution in [2.75, 3.05) is 6.61 Å². The monoisotopic (exact) mass is 222 g/mol. The number of non-ortho nitro benzene ring substituents is 1. The highest BCUT2D eigenvalue weighted by Crippen LogP contribution is 2.14. The zero-order valence-corrected chi connectivity index (χ0v) is 9.22. The third-order valence-electron chi connectivity index (χ3n) is 2.51. The molecule has 87 valence electrons. The van der Waals surface area contributed by atoms with Gasteiger partial charge >= 0.3 is 0 Å². The first-order valence-corrected chi connectivity index (χ1v) is 5.55. The summed E-state index contributed by atoms with van der Waals surface area (Å²) < 4.78 is 0. The summed E-state index contributed by atoms with van der Waals surface area (Å²) in [6.07, 6.45) is 4.75. The summed E-state index contributed by atoms with van der Waals surface area (Å²) in [6, 6.07) is 6.66. The van der Waals surface area contributed by atoms with Gasteiger partial charge in [-0.3, -0.25) is 10.1 Å². The number of aryl methyl sites for hydroxylation is 1. The largest absolute Gasteiger partial charge is 0.269 e. The molecule has 0 aliphatic heterocycles. The molecular weight excluding hydrogens is 206 g/mol. The molecule has 1 radical (unpaired) electrons. The fourth-order valence-electron chi connectivity index (χ4n) is 1.57. The van der Waals surface area contributed by atoms with Gasteiger partial charge in [0.1, 0.15) is 0 Å². The number of nitrogens with zero attached hydrogens (tertiary/aromatic N) is 1. The van der Waals surface area contributed by atoms with Crippen LogP contribution in [0.1, 0.15) is 31.2 Å². The Morgan fingerprint density at radius 3 is 2.19 bits per heavy atom. The molecule has 0 unspecified atom stereocenters. The molecule has 4 nitrogen and oxygen atoms in total. The number of benzene rings is 1. The first-order valence-electron chi connectivity index (χ1n) is 5.55. The van der Waals surface area contributed by atoms with Crippen LogP contribution in [-0.2, 0) is 11.5 Å². The van der Waals surface area contributed by atoms with Crippen molar-refractivity contribution in [3.63, 3.8) is 0 Å². The van der Waals surface area contributed by atoms with Crippen molar-refractivity contribution in [3.8, 4) is 0 Å². The Morgan fingerprint density at radius 1 is 1.00 bits per heavy atom. The molecule has 0 amide bonds. The van der Waals surface area contributed by atoms with Crippen molar-refractivity contribution in [1.29, 1.82) is 0 Å². The van der Waals surface area contributed by atoms with Gasteiger partial charge in [-0.15, -0.1) is 0 Å². The Hall–Kier alpha value is -1.42. The highest BCUT2D eigenvalue weighted by molar-refractivity contribution is 5.32. The van der Waals surface area contributed by atoms with Crippen molar-refractivity contribution < 1.29 is 10.0 Å². The second kappa shape index (κ2) is 6.95. The highest BCUT2D eigenvalue weighted by atomic mass is 16.6. The third kappa shape index (κ3) is 4.40. The van der Waals surface area contributed by atoms with Crippen molar-refractivity contribution in [1.82, 2.24) is 0 Å².